The summed E-state index contributed by atoms with van der Waals surface area (Å²) in [5.74, 6) is 0.112. The molecule has 0 N–H and O–H groups in total. The number of amides is 2. The van der Waals surface area contributed by atoms with Gasteiger partial charge in [0.05, 0.1) is 23.6 Å². The van der Waals surface area contributed by atoms with Crippen molar-refractivity contribution < 1.29 is 19.1 Å². The summed E-state index contributed by atoms with van der Waals surface area (Å²) in [5, 5.41) is 1.11. The van der Waals surface area contributed by atoms with Gasteiger partial charge in [-0.25, -0.2) is 9.78 Å². The molecule has 2 saturated heterocycles. The Hall–Kier alpha value is -3.94. The van der Waals surface area contributed by atoms with E-state index in [1.54, 1.807) is 36.1 Å². The molecule has 2 aromatic carbocycles. The topological polar surface area (TPSA) is 83.1 Å². The number of carbonyl (C=O) groups excluding carboxylic acids is 3. The minimum absolute atomic E-state index is 0.0233. The minimum atomic E-state index is -0.391. The van der Waals surface area contributed by atoms with Crippen LogP contribution in [0.2, 0.25) is 0 Å². The monoisotopic (exact) mass is 472 g/mol. The highest BCUT2D eigenvalue weighted by molar-refractivity contribution is 6.00. The molecule has 0 aliphatic carbocycles. The molecule has 2 fully saturated rings. The lowest BCUT2D eigenvalue weighted by Crippen LogP contribution is -2.51. The van der Waals surface area contributed by atoms with Crippen LogP contribution in [0.15, 0.2) is 60.7 Å². The SMILES string of the molecule is CCOC(=O)c1ccc(N2CC(C(=O)N3CCN(c4ccc5ccccc5n4)CC3)CC2=O)cc1. The second-order valence-electron chi connectivity index (χ2n) is 8.85. The maximum atomic E-state index is 13.2. The molecule has 1 aromatic heterocycles. The van der Waals surface area contributed by atoms with Crippen molar-refractivity contribution >= 4 is 40.2 Å². The van der Waals surface area contributed by atoms with Gasteiger partial charge >= 0.3 is 5.97 Å². The van der Waals surface area contributed by atoms with Gasteiger partial charge in [0, 0.05) is 50.2 Å². The lowest BCUT2D eigenvalue weighted by atomic mass is 10.1. The Morgan fingerprint density at radius 3 is 2.46 bits per heavy atom. The second-order valence-corrected chi connectivity index (χ2v) is 8.85. The molecule has 0 spiro atoms. The van der Waals surface area contributed by atoms with Crippen LogP contribution < -0.4 is 9.80 Å². The number of ether oxygens (including phenoxy) is 1. The summed E-state index contributed by atoms with van der Waals surface area (Å²) in [6.45, 7) is 5.03. The zero-order valence-corrected chi connectivity index (χ0v) is 19.7. The van der Waals surface area contributed by atoms with Gasteiger partial charge in [-0.2, -0.15) is 0 Å². The molecule has 2 aliphatic rings. The Balaban J connectivity index is 1.19. The number of hydrogen-bond donors (Lipinski definition) is 0. The number of aromatic nitrogens is 1. The van der Waals surface area contributed by atoms with Crippen molar-refractivity contribution in [3.63, 3.8) is 0 Å². The smallest absolute Gasteiger partial charge is 0.338 e. The third-order valence-corrected chi connectivity index (χ3v) is 6.66. The standard InChI is InChI=1S/C27H28N4O4/c1-2-35-27(34)20-7-10-22(11-8-20)31-18-21(17-25(31)32)26(33)30-15-13-29(14-16-30)24-12-9-19-5-3-4-6-23(19)28-24/h3-12,21H,2,13-18H2,1H3. The predicted octanol–water partition coefficient (Wildman–Crippen LogP) is 3.11. The minimum Gasteiger partial charge on any atom is -0.462 e. The summed E-state index contributed by atoms with van der Waals surface area (Å²) in [6, 6.07) is 18.9. The van der Waals surface area contributed by atoms with E-state index in [2.05, 4.69) is 11.0 Å². The number of piperazine rings is 1. The number of esters is 1. The first-order chi connectivity index (χ1) is 17.0. The molecule has 2 aliphatic heterocycles. The third kappa shape index (κ3) is 4.69. The third-order valence-electron chi connectivity index (χ3n) is 6.66. The van der Waals surface area contributed by atoms with Crippen LogP contribution in [0.5, 0.6) is 0 Å². The quantitative estimate of drug-likeness (QED) is 0.531. The van der Waals surface area contributed by atoms with Crippen LogP contribution in [0, 0.1) is 5.92 Å². The van der Waals surface area contributed by atoms with Gasteiger partial charge in [-0.3, -0.25) is 9.59 Å². The van der Waals surface area contributed by atoms with Crippen molar-refractivity contribution in [2.24, 2.45) is 5.92 Å². The van der Waals surface area contributed by atoms with Crippen molar-refractivity contribution in [1.82, 2.24) is 9.88 Å². The molecule has 2 amide bonds. The highest BCUT2D eigenvalue weighted by atomic mass is 16.5. The molecule has 5 rings (SSSR count). The Labute approximate surface area is 204 Å². The molecule has 35 heavy (non-hydrogen) atoms. The number of hydrogen-bond acceptors (Lipinski definition) is 6. The molecule has 8 heteroatoms. The fourth-order valence-corrected chi connectivity index (χ4v) is 4.76. The first-order valence-electron chi connectivity index (χ1n) is 12.0. The fourth-order valence-electron chi connectivity index (χ4n) is 4.76. The summed E-state index contributed by atoms with van der Waals surface area (Å²) in [6.07, 6.45) is 0.199. The van der Waals surface area contributed by atoms with Crippen LogP contribution in [0.3, 0.4) is 0 Å². The summed E-state index contributed by atoms with van der Waals surface area (Å²) in [4.78, 5) is 48.2. The molecule has 180 valence electrons. The molecule has 0 bridgehead atoms. The molecule has 8 nitrogen and oxygen atoms in total. The van der Waals surface area contributed by atoms with Gasteiger partial charge in [0.25, 0.3) is 0 Å². The summed E-state index contributed by atoms with van der Waals surface area (Å²) < 4.78 is 5.01. The number of nitrogens with zero attached hydrogens (tertiary/aromatic N) is 4. The first kappa shape index (κ1) is 22.8. The van der Waals surface area contributed by atoms with Gasteiger partial charge < -0.3 is 19.4 Å². The van der Waals surface area contributed by atoms with Gasteiger partial charge in [-0.15, -0.1) is 0 Å². The maximum absolute atomic E-state index is 13.2. The van der Waals surface area contributed by atoms with Crippen molar-refractivity contribution in [3.8, 4) is 0 Å². The van der Waals surface area contributed by atoms with Crippen molar-refractivity contribution in [1.29, 1.82) is 0 Å². The average Bonchev–Trinajstić information content (AvgIpc) is 3.29. The normalized spacial score (nSPS) is 18.3. The number of pyridine rings is 1. The average molecular weight is 473 g/mol. The van der Waals surface area contributed by atoms with E-state index < -0.39 is 5.97 Å². The number of fused-ring (bicyclic) bond motifs is 1. The molecular formula is C27H28N4O4. The Bertz CT molecular complexity index is 1250. The predicted molar refractivity (Wildman–Crippen MR) is 133 cm³/mol. The van der Waals surface area contributed by atoms with Crippen molar-refractivity contribution in [2.75, 3.05) is 49.1 Å². The van der Waals surface area contributed by atoms with Crippen LogP contribution in [-0.2, 0) is 14.3 Å². The van der Waals surface area contributed by atoms with Crippen LogP contribution >= 0.6 is 0 Å². The molecule has 1 unspecified atom stereocenters. The van der Waals surface area contributed by atoms with Gasteiger partial charge in [0.2, 0.25) is 11.8 Å². The van der Waals surface area contributed by atoms with Gasteiger partial charge in [-0.05, 0) is 49.4 Å². The number of para-hydroxylation sites is 1. The van der Waals surface area contributed by atoms with Gasteiger partial charge in [-0.1, -0.05) is 18.2 Å². The highest BCUT2D eigenvalue weighted by Gasteiger charge is 2.38. The van der Waals surface area contributed by atoms with E-state index in [0.29, 0.717) is 50.6 Å². The molecule has 1 atom stereocenters. The zero-order valence-electron chi connectivity index (χ0n) is 19.7. The Morgan fingerprint density at radius 2 is 1.71 bits per heavy atom. The molecular weight excluding hydrogens is 444 g/mol. The molecule has 3 heterocycles. The van der Waals surface area contributed by atoms with Crippen LogP contribution in [0.1, 0.15) is 23.7 Å². The van der Waals surface area contributed by atoms with E-state index in [4.69, 9.17) is 9.72 Å². The van der Waals surface area contributed by atoms with E-state index >= 15 is 0 Å². The number of benzene rings is 2. The van der Waals surface area contributed by atoms with E-state index in [0.717, 1.165) is 16.7 Å². The molecule has 3 aromatic rings. The maximum Gasteiger partial charge on any atom is 0.338 e. The van der Waals surface area contributed by atoms with Crippen LogP contribution in [-0.4, -0.2) is 67.0 Å². The van der Waals surface area contributed by atoms with Gasteiger partial charge in [0.1, 0.15) is 5.82 Å². The fraction of sp³-hybridized carbons (Fsp3) is 0.333. The molecule has 0 saturated carbocycles. The van der Waals surface area contributed by atoms with E-state index in [1.165, 1.54) is 0 Å². The summed E-state index contributed by atoms with van der Waals surface area (Å²) in [5.41, 5.74) is 2.09. The lowest BCUT2D eigenvalue weighted by molar-refractivity contribution is -0.136. The van der Waals surface area contributed by atoms with Crippen LogP contribution in [0.4, 0.5) is 11.5 Å². The van der Waals surface area contributed by atoms with E-state index in [9.17, 15) is 14.4 Å². The number of anilines is 2. The van der Waals surface area contributed by atoms with Crippen molar-refractivity contribution in [3.05, 3.63) is 66.2 Å². The summed E-state index contributed by atoms with van der Waals surface area (Å²) >= 11 is 0. The largest absolute Gasteiger partial charge is 0.462 e. The summed E-state index contributed by atoms with van der Waals surface area (Å²) in [7, 11) is 0. The van der Waals surface area contributed by atoms with Crippen LogP contribution in [0.25, 0.3) is 10.9 Å². The number of carbonyl (C=O) groups is 3. The Morgan fingerprint density at radius 1 is 0.971 bits per heavy atom. The second kappa shape index (κ2) is 9.74. The molecule has 0 radical (unpaired) electrons. The van der Waals surface area contributed by atoms with Gasteiger partial charge in [0.15, 0.2) is 0 Å². The lowest BCUT2D eigenvalue weighted by Gasteiger charge is -2.36. The zero-order chi connectivity index (χ0) is 24.4. The highest BCUT2D eigenvalue weighted by Crippen LogP contribution is 2.28. The number of rotatable bonds is 5. The Kier molecular flexibility index (Phi) is 6.35. The van der Waals surface area contributed by atoms with Crippen molar-refractivity contribution in [2.45, 2.75) is 13.3 Å². The van der Waals surface area contributed by atoms with E-state index in [1.807, 2.05) is 35.2 Å². The van der Waals surface area contributed by atoms with E-state index in [-0.39, 0.29) is 24.2 Å². The first-order valence-corrected chi connectivity index (χ1v) is 12.0.